The Morgan fingerprint density at radius 1 is 0.815 bits per heavy atom. The Morgan fingerprint density at radius 3 is 1.81 bits per heavy atom. The van der Waals surface area contributed by atoms with Gasteiger partial charge >= 0.3 is 11.9 Å². The second-order valence-electron chi connectivity index (χ2n) is 7.00. The monoisotopic (exact) mass is 374 g/mol. The molecule has 0 spiro atoms. The van der Waals surface area contributed by atoms with Crippen LogP contribution in [-0.2, 0) is 9.47 Å². The molecule has 0 radical (unpaired) electrons. The molecule has 0 saturated heterocycles. The molecule has 0 saturated carbocycles. The van der Waals surface area contributed by atoms with Gasteiger partial charge in [0.15, 0.2) is 0 Å². The molecule has 0 aliphatic heterocycles. The molecule has 1 aromatic rings. The van der Waals surface area contributed by atoms with Crippen molar-refractivity contribution in [2.45, 2.75) is 71.6 Å². The van der Waals surface area contributed by atoms with Crippen LogP contribution in [0.15, 0.2) is 36.4 Å². The first kappa shape index (κ1) is 22.9. The van der Waals surface area contributed by atoms with Crippen molar-refractivity contribution in [1.29, 1.82) is 0 Å². The molecular weight excluding hydrogens is 340 g/mol. The lowest BCUT2D eigenvalue weighted by Crippen LogP contribution is -2.15. The fourth-order valence-electron chi connectivity index (χ4n) is 2.71. The van der Waals surface area contributed by atoms with E-state index in [4.69, 9.17) is 9.47 Å². The molecule has 1 rings (SSSR count). The highest BCUT2D eigenvalue weighted by atomic mass is 16.5. The lowest BCUT2D eigenvalue weighted by molar-refractivity contribution is 0.0456. The van der Waals surface area contributed by atoms with E-state index in [1.54, 1.807) is 24.3 Å². The molecule has 4 heteroatoms. The van der Waals surface area contributed by atoms with E-state index in [-0.39, 0.29) is 17.7 Å². The third kappa shape index (κ3) is 9.97. The Balaban J connectivity index is 2.36. The molecule has 4 nitrogen and oxygen atoms in total. The van der Waals surface area contributed by atoms with Crippen LogP contribution in [-0.4, -0.2) is 25.2 Å². The van der Waals surface area contributed by atoms with Crippen molar-refractivity contribution < 1.29 is 19.1 Å². The molecule has 27 heavy (non-hydrogen) atoms. The van der Waals surface area contributed by atoms with E-state index in [1.807, 2.05) is 6.92 Å². The summed E-state index contributed by atoms with van der Waals surface area (Å²) in [5, 5.41) is 0. The van der Waals surface area contributed by atoms with E-state index in [1.165, 1.54) is 38.5 Å². The maximum atomic E-state index is 12.3. The molecule has 0 aliphatic carbocycles. The summed E-state index contributed by atoms with van der Waals surface area (Å²) in [7, 11) is 0. The van der Waals surface area contributed by atoms with Crippen molar-refractivity contribution in [3.63, 3.8) is 0 Å². The fourth-order valence-corrected chi connectivity index (χ4v) is 2.71. The quantitative estimate of drug-likeness (QED) is 0.224. The molecule has 0 amide bonds. The third-order valence-electron chi connectivity index (χ3n) is 4.36. The second kappa shape index (κ2) is 14.0. The Hall–Kier alpha value is -2.10. The molecule has 0 heterocycles. The van der Waals surface area contributed by atoms with Crippen LogP contribution in [0.3, 0.4) is 0 Å². The topological polar surface area (TPSA) is 52.6 Å². The lowest BCUT2D eigenvalue weighted by Gasteiger charge is -2.10. The molecule has 1 aromatic carbocycles. The van der Waals surface area contributed by atoms with Gasteiger partial charge in [-0.2, -0.15) is 0 Å². The van der Waals surface area contributed by atoms with E-state index in [0.717, 1.165) is 18.4 Å². The summed E-state index contributed by atoms with van der Waals surface area (Å²) in [5.41, 5.74) is 1.46. The first-order valence-corrected chi connectivity index (χ1v) is 10.1. The van der Waals surface area contributed by atoms with Crippen LogP contribution in [0.4, 0.5) is 0 Å². The van der Waals surface area contributed by atoms with Gasteiger partial charge in [-0.3, -0.25) is 0 Å². The summed E-state index contributed by atoms with van der Waals surface area (Å²) in [5.74, 6) is -0.971. The van der Waals surface area contributed by atoms with Crippen molar-refractivity contribution in [2.24, 2.45) is 0 Å². The van der Waals surface area contributed by atoms with Gasteiger partial charge in [0, 0.05) is 6.42 Å². The standard InChI is InChI=1S/C23H34O4/c1-4-5-6-7-8-9-10-13-17-26-22(24)20-14-11-12-15-21(20)23(25)27-18-16-19(2)3/h11-12,14-15H,2,4-10,13,16-18H2,1,3H3. The largest absolute Gasteiger partial charge is 0.462 e. The summed E-state index contributed by atoms with van der Waals surface area (Å²) < 4.78 is 10.6. The summed E-state index contributed by atoms with van der Waals surface area (Å²) in [4.78, 5) is 24.5. The van der Waals surface area contributed by atoms with Crippen LogP contribution in [0.25, 0.3) is 0 Å². The molecule has 0 aromatic heterocycles. The van der Waals surface area contributed by atoms with Crippen molar-refractivity contribution in [3.05, 3.63) is 47.5 Å². The molecule has 0 atom stereocenters. The molecule has 0 aliphatic rings. The van der Waals surface area contributed by atoms with E-state index < -0.39 is 11.9 Å². The van der Waals surface area contributed by atoms with Crippen LogP contribution in [0.5, 0.6) is 0 Å². The van der Waals surface area contributed by atoms with Gasteiger partial charge < -0.3 is 9.47 Å². The zero-order chi connectivity index (χ0) is 19.9. The van der Waals surface area contributed by atoms with Crippen LogP contribution < -0.4 is 0 Å². The smallest absolute Gasteiger partial charge is 0.339 e. The molecule has 0 N–H and O–H groups in total. The van der Waals surface area contributed by atoms with E-state index >= 15 is 0 Å². The van der Waals surface area contributed by atoms with Gasteiger partial charge in [0.1, 0.15) is 0 Å². The second-order valence-corrected chi connectivity index (χ2v) is 7.00. The first-order valence-electron chi connectivity index (χ1n) is 10.1. The number of hydrogen-bond acceptors (Lipinski definition) is 4. The minimum absolute atomic E-state index is 0.250. The van der Waals surface area contributed by atoms with Gasteiger partial charge in [0.05, 0.1) is 24.3 Å². The number of benzene rings is 1. The number of hydrogen-bond donors (Lipinski definition) is 0. The molecule has 0 bridgehead atoms. The highest BCUT2D eigenvalue weighted by Crippen LogP contribution is 2.14. The normalized spacial score (nSPS) is 10.4. The Labute approximate surface area is 163 Å². The highest BCUT2D eigenvalue weighted by molar-refractivity contribution is 6.03. The zero-order valence-corrected chi connectivity index (χ0v) is 16.9. The number of unbranched alkanes of at least 4 members (excludes halogenated alkanes) is 7. The number of esters is 2. The predicted molar refractivity (Wildman–Crippen MR) is 109 cm³/mol. The van der Waals surface area contributed by atoms with Crippen molar-refractivity contribution in [3.8, 4) is 0 Å². The number of ether oxygens (including phenoxy) is 2. The van der Waals surface area contributed by atoms with Crippen LogP contribution in [0, 0.1) is 0 Å². The van der Waals surface area contributed by atoms with Crippen molar-refractivity contribution in [1.82, 2.24) is 0 Å². The third-order valence-corrected chi connectivity index (χ3v) is 4.36. The van der Waals surface area contributed by atoms with Crippen molar-refractivity contribution in [2.75, 3.05) is 13.2 Å². The summed E-state index contributed by atoms with van der Waals surface area (Å²) in [6.45, 7) is 8.52. The van der Waals surface area contributed by atoms with Gasteiger partial charge in [0.25, 0.3) is 0 Å². The predicted octanol–water partition coefficient (Wildman–Crippen LogP) is 6.11. The number of rotatable bonds is 14. The van der Waals surface area contributed by atoms with Gasteiger partial charge in [-0.25, -0.2) is 9.59 Å². The minimum Gasteiger partial charge on any atom is -0.462 e. The van der Waals surface area contributed by atoms with E-state index in [9.17, 15) is 9.59 Å². The number of carbonyl (C=O) groups excluding carboxylic acids is 2. The van der Waals surface area contributed by atoms with E-state index in [2.05, 4.69) is 13.5 Å². The molecular formula is C23H34O4. The Kier molecular flexibility index (Phi) is 11.9. The SMILES string of the molecule is C=C(C)CCOC(=O)c1ccccc1C(=O)OCCCCCCCCCC. The van der Waals surface area contributed by atoms with Crippen LogP contribution in [0.2, 0.25) is 0 Å². The Morgan fingerprint density at radius 2 is 1.30 bits per heavy atom. The average molecular weight is 375 g/mol. The fraction of sp³-hybridized carbons (Fsp3) is 0.565. The highest BCUT2D eigenvalue weighted by Gasteiger charge is 2.18. The summed E-state index contributed by atoms with van der Waals surface area (Å²) >= 11 is 0. The van der Waals surface area contributed by atoms with Gasteiger partial charge in [-0.05, 0) is 25.5 Å². The van der Waals surface area contributed by atoms with Crippen LogP contribution in [0.1, 0.15) is 92.4 Å². The van der Waals surface area contributed by atoms with Gasteiger partial charge in [-0.1, -0.05) is 69.6 Å². The van der Waals surface area contributed by atoms with Crippen LogP contribution >= 0.6 is 0 Å². The zero-order valence-electron chi connectivity index (χ0n) is 16.9. The minimum atomic E-state index is -0.504. The maximum absolute atomic E-state index is 12.3. The van der Waals surface area contributed by atoms with Gasteiger partial charge in [-0.15, -0.1) is 6.58 Å². The number of carbonyl (C=O) groups is 2. The van der Waals surface area contributed by atoms with Crippen molar-refractivity contribution >= 4 is 11.9 Å². The average Bonchev–Trinajstić information content (AvgIpc) is 2.66. The summed E-state index contributed by atoms with van der Waals surface area (Å²) in [6.07, 6.45) is 10.1. The van der Waals surface area contributed by atoms with E-state index in [0.29, 0.717) is 13.0 Å². The molecule has 150 valence electrons. The molecule has 0 fully saturated rings. The maximum Gasteiger partial charge on any atom is 0.339 e. The Bertz CT molecular complexity index is 592. The van der Waals surface area contributed by atoms with Gasteiger partial charge in [0.2, 0.25) is 0 Å². The lowest BCUT2D eigenvalue weighted by atomic mass is 10.1. The summed E-state index contributed by atoms with van der Waals surface area (Å²) in [6, 6.07) is 6.63. The first-order chi connectivity index (χ1) is 13.1. The molecule has 0 unspecified atom stereocenters.